The van der Waals surface area contributed by atoms with Crippen LogP contribution in [0.15, 0.2) is 36.7 Å². The van der Waals surface area contributed by atoms with Gasteiger partial charge in [0, 0.05) is 31.9 Å². The molecule has 2 rings (SSSR count). The Morgan fingerprint density at radius 3 is 2.30 bits per heavy atom. The molecule has 0 saturated heterocycles. The molecule has 0 radical (unpaired) electrons. The predicted octanol–water partition coefficient (Wildman–Crippen LogP) is 4.92. The zero-order valence-corrected chi connectivity index (χ0v) is 17.6. The van der Waals surface area contributed by atoms with Crippen LogP contribution >= 0.6 is 0 Å². The SMILES string of the molecule is Cc1ccnc(-c2cc(CCC(=O)N(CC(C)C)CC(C)(C)C)ccn2)c1. The fraction of sp³-hybridized carbons (Fsp3) is 0.522. The maximum Gasteiger partial charge on any atom is 0.222 e. The largest absolute Gasteiger partial charge is 0.342 e. The molecular formula is C23H33N3O. The number of carbonyl (C=O) groups excluding carboxylic acids is 1. The van der Waals surface area contributed by atoms with E-state index in [-0.39, 0.29) is 11.3 Å². The summed E-state index contributed by atoms with van der Waals surface area (Å²) in [4.78, 5) is 23.7. The number of pyridine rings is 2. The minimum absolute atomic E-state index is 0.102. The van der Waals surface area contributed by atoms with Crippen LogP contribution in [0.1, 0.15) is 52.2 Å². The standard InChI is InChI=1S/C23H33N3O/c1-17(2)15-26(16-23(4,5)6)22(27)8-7-19-10-12-25-21(14-19)20-13-18(3)9-11-24-20/h9-14,17H,7-8,15-16H2,1-6H3. The van der Waals surface area contributed by atoms with Crippen LogP contribution in [-0.2, 0) is 11.2 Å². The minimum Gasteiger partial charge on any atom is -0.342 e. The van der Waals surface area contributed by atoms with Crippen LogP contribution in [0.4, 0.5) is 0 Å². The summed E-state index contributed by atoms with van der Waals surface area (Å²) in [5, 5.41) is 0. The summed E-state index contributed by atoms with van der Waals surface area (Å²) >= 11 is 0. The molecule has 4 heteroatoms. The lowest BCUT2D eigenvalue weighted by molar-refractivity contribution is -0.133. The molecule has 0 fully saturated rings. The van der Waals surface area contributed by atoms with Crippen LogP contribution < -0.4 is 0 Å². The molecule has 1 amide bonds. The number of hydrogen-bond donors (Lipinski definition) is 0. The molecule has 4 nitrogen and oxygen atoms in total. The van der Waals surface area contributed by atoms with Crippen molar-refractivity contribution in [2.75, 3.05) is 13.1 Å². The highest BCUT2D eigenvalue weighted by Gasteiger charge is 2.21. The summed E-state index contributed by atoms with van der Waals surface area (Å²) in [5.41, 5.74) is 4.12. The summed E-state index contributed by atoms with van der Waals surface area (Å²) in [5.74, 6) is 0.696. The second kappa shape index (κ2) is 9.12. The van der Waals surface area contributed by atoms with E-state index in [0.717, 1.165) is 42.0 Å². The average molecular weight is 368 g/mol. The Kier molecular flexibility index (Phi) is 7.11. The van der Waals surface area contributed by atoms with E-state index in [1.807, 2.05) is 36.1 Å². The molecule has 0 N–H and O–H groups in total. The van der Waals surface area contributed by atoms with E-state index in [0.29, 0.717) is 12.3 Å². The topological polar surface area (TPSA) is 46.1 Å². The molecule has 0 bridgehead atoms. The lowest BCUT2D eigenvalue weighted by Gasteiger charge is -2.31. The van der Waals surface area contributed by atoms with Gasteiger partial charge < -0.3 is 4.90 Å². The molecular weight excluding hydrogens is 334 g/mol. The quantitative estimate of drug-likeness (QED) is 0.698. The average Bonchev–Trinajstić information content (AvgIpc) is 2.58. The van der Waals surface area contributed by atoms with Gasteiger partial charge in [0.15, 0.2) is 0 Å². The van der Waals surface area contributed by atoms with Gasteiger partial charge in [-0.05, 0) is 60.1 Å². The van der Waals surface area contributed by atoms with Crippen molar-refractivity contribution in [1.29, 1.82) is 0 Å². The molecule has 0 aliphatic carbocycles. The number of nitrogens with zero attached hydrogens (tertiary/aromatic N) is 3. The highest BCUT2D eigenvalue weighted by atomic mass is 16.2. The molecule has 2 aromatic heterocycles. The van der Waals surface area contributed by atoms with E-state index in [9.17, 15) is 4.79 Å². The third kappa shape index (κ3) is 7.12. The maximum atomic E-state index is 12.8. The van der Waals surface area contributed by atoms with Crippen LogP contribution in [-0.4, -0.2) is 33.9 Å². The monoisotopic (exact) mass is 367 g/mol. The molecule has 0 saturated carbocycles. The minimum atomic E-state index is 0.102. The lowest BCUT2D eigenvalue weighted by atomic mass is 9.95. The van der Waals surface area contributed by atoms with Crippen molar-refractivity contribution in [3.8, 4) is 11.4 Å². The number of rotatable bonds is 7. The summed E-state index contributed by atoms with van der Waals surface area (Å²) in [6.07, 6.45) is 4.85. The zero-order chi connectivity index (χ0) is 20.0. The van der Waals surface area contributed by atoms with Crippen molar-refractivity contribution in [3.05, 3.63) is 47.8 Å². The molecule has 0 aliphatic heterocycles. The first-order valence-electron chi connectivity index (χ1n) is 9.80. The van der Waals surface area contributed by atoms with Gasteiger partial charge in [-0.2, -0.15) is 0 Å². The van der Waals surface area contributed by atoms with Crippen LogP contribution in [0.5, 0.6) is 0 Å². The molecule has 2 aromatic rings. The van der Waals surface area contributed by atoms with Crippen LogP contribution in [0.3, 0.4) is 0 Å². The lowest BCUT2D eigenvalue weighted by Crippen LogP contribution is -2.40. The Balaban J connectivity index is 2.06. The third-order valence-electron chi connectivity index (χ3n) is 4.23. The van der Waals surface area contributed by atoms with E-state index < -0.39 is 0 Å². The fourth-order valence-electron chi connectivity index (χ4n) is 3.12. The van der Waals surface area contributed by atoms with E-state index in [4.69, 9.17) is 0 Å². The van der Waals surface area contributed by atoms with Crippen molar-refractivity contribution < 1.29 is 4.79 Å². The first-order valence-corrected chi connectivity index (χ1v) is 9.80. The number of carbonyl (C=O) groups is 1. The van der Waals surface area contributed by atoms with Gasteiger partial charge in [0.05, 0.1) is 11.4 Å². The molecule has 0 aromatic carbocycles. The molecule has 0 aliphatic rings. The summed E-state index contributed by atoms with van der Waals surface area (Å²) in [6.45, 7) is 14.5. The molecule has 146 valence electrons. The second-order valence-corrected chi connectivity index (χ2v) is 9.00. The highest BCUT2D eigenvalue weighted by molar-refractivity contribution is 5.76. The summed E-state index contributed by atoms with van der Waals surface area (Å²) in [6, 6.07) is 8.05. The Labute approximate surface area is 164 Å². The van der Waals surface area contributed by atoms with Crippen molar-refractivity contribution in [2.45, 2.75) is 54.4 Å². The van der Waals surface area contributed by atoms with E-state index in [1.165, 1.54) is 0 Å². The molecule has 2 heterocycles. The normalized spacial score (nSPS) is 11.7. The molecule has 0 atom stereocenters. The van der Waals surface area contributed by atoms with E-state index in [1.54, 1.807) is 12.4 Å². The predicted molar refractivity (Wildman–Crippen MR) is 111 cm³/mol. The number of aromatic nitrogens is 2. The first kappa shape index (κ1) is 21.1. The van der Waals surface area contributed by atoms with Crippen molar-refractivity contribution in [2.24, 2.45) is 11.3 Å². The van der Waals surface area contributed by atoms with E-state index >= 15 is 0 Å². The number of aryl methyl sites for hydroxylation is 2. The Hall–Kier alpha value is -2.23. The fourth-order valence-corrected chi connectivity index (χ4v) is 3.12. The summed E-state index contributed by atoms with van der Waals surface area (Å²) < 4.78 is 0. The van der Waals surface area contributed by atoms with Crippen molar-refractivity contribution in [1.82, 2.24) is 14.9 Å². The molecule has 0 unspecified atom stereocenters. The number of hydrogen-bond acceptors (Lipinski definition) is 3. The van der Waals surface area contributed by atoms with Crippen molar-refractivity contribution >= 4 is 5.91 Å². The van der Waals surface area contributed by atoms with Crippen LogP contribution in [0.2, 0.25) is 0 Å². The van der Waals surface area contributed by atoms with Crippen molar-refractivity contribution in [3.63, 3.8) is 0 Å². The van der Waals surface area contributed by atoms with Gasteiger partial charge in [-0.15, -0.1) is 0 Å². The number of amides is 1. The second-order valence-electron chi connectivity index (χ2n) is 9.00. The van der Waals surface area contributed by atoms with Crippen LogP contribution in [0, 0.1) is 18.3 Å². The smallest absolute Gasteiger partial charge is 0.222 e. The van der Waals surface area contributed by atoms with Gasteiger partial charge in [0.1, 0.15) is 0 Å². The Bertz CT molecular complexity index is 762. The van der Waals surface area contributed by atoms with Gasteiger partial charge in [-0.3, -0.25) is 14.8 Å². The summed E-state index contributed by atoms with van der Waals surface area (Å²) in [7, 11) is 0. The molecule has 0 spiro atoms. The van der Waals surface area contributed by atoms with E-state index in [2.05, 4.69) is 44.6 Å². The zero-order valence-electron chi connectivity index (χ0n) is 17.6. The van der Waals surface area contributed by atoms with Gasteiger partial charge >= 0.3 is 0 Å². The van der Waals surface area contributed by atoms with Gasteiger partial charge in [-0.25, -0.2) is 0 Å². The van der Waals surface area contributed by atoms with Crippen LogP contribution in [0.25, 0.3) is 11.4 Å². The van der Waals surface area contributed by atoms with Gasteiger partial charge in [0.2, 0.25) is 5.91 Å². The third-order valence-corrected chi connectivity index (χ3v) is 4.23. The molecule has 27 heavy (non-hydrogen) atoms. The Morgan fingerprint density at radius 1 is 1.07 bits per heavy atom. The van der Waals surface area contributed by atoms with Gasteiger partial charge in [-0.1, -0.05) is 34.6 Å². The first-order chi connectivity index (χ1) is 12.6. The maximum absolute atomic E-state index is 12.8. The Morgan fingerprint density at radius 2 is 1.70 bits per heavy atom. The highest BCUT2D eigenvalue weighted by Crippen LogP contribution is 2.19. The van der Waals surface area contributed by atoms with Gasteiger partial charge in [0.25, 0.3) is 0 Å².